The predicted octanol–water partition coefficient (Wildman–Crippen LogP) is 6.02. The fraction of sp³-hybridized carbons (Fsp3) is 0.562. The minimum Gasteiger partial charge on any atom is -0.493 e. The summed E-state index contributed by atoms with van der Waals surface area (Å²) < 4.78 is 47.0. The maximum absolute atomic E-state index is 13.9. The predicted molar refractivity (Wildman–Crippen MR) is 154 cm³/mol. The average Bonchev–Trinajstić information content (AvgIpc) is 2.99. The highest BCUT2D eigenvalue weighted by molar-refractivity contribution is 5.95. The molecule has 11 heteroatoms. The molecule has 2 aliphatic rings. The summed E-state index contributed by atoms with van der Waals surface area (Å²) in [5, 5.41) is 9.03. The van der Waals surface area contributed by atoms with Crippen LogP contribution in [0.25, 0.3) is 0 Å². The van der Waals surface area contributed by atoms with E-state index in [1.807, 2.05) is 43.0 Å². The van der Waals surface area contributed by atoms with Crippen molar-refractivity contribution in [3.63, 3.8) is 0 Å². The Kier molecular flexibility index (Phi) is 10.7. The fourth-order valence-electron chi connectivity index (χ4n) is 6.37. The van der Waals surface area contributed by atoms with E-state index in [-0.39, 0.29) is 30.7 Å². The number of piperidine rings is 2. The summed E-state index contributed by atoms with van der Waals surface area (Å²) >= 11 is 0. The Hall–Kier alpha value is -3.63. The number of carbonyl (C=O) groups is 3. The van der Waals surface area contributed by atoms with Crippen LogP contribution in [0.1, 0.15) is 86.3 Å². The number of carboxylic acid groups (broad SMARTS) is 1. The SMILES string of the molecule is CCCC1C(C(=O)N2CCC(c3ccccc3OCC(C)CC(=O)O)CC2)CCCN1C(=O)c1ncccc1C(F)(F)F. The maximum Gasteiger partial charge on any atom is 0.418 e. The number of carboxylic acids is 1. The summed E-state index contributed by atoms with van der Waals surface area (Å²) in [5.41, 5.74) is -0.652. The van der Waals surface area contributed by atoms with Gasteiger partial charge in [0.05, 0.1) is 24.5 Å². The second-order valence-corrected chi connectivity index (χ2v) is 11.7. The molecule has 1 N–H and O–H groups in total. The summed E-state index contributed by atoms with van der Waals surface area (Å²) in [6.45, 7) is 5.39. The molecule has 234 valence electrons. The number of para-hydroxylation sites is 1. The molecular weight excluding hydrogens is 563 g/mol. The molecule has 1 aromatic carbocycles. The quantitative estimate of drug-likeness (QED) is 0.357. The molecule has 2 fully saturated rings. The Labute approximate surface area is 250 Å². The normalized spacial score (nSPS) is 20.5. The lowest BCUT2D eigenvalue weighted by Crippen LogP contribution is -2.54. The van der Waals surface area contributed by atoms with Gasteiger partial charge in [-0.3, -0.25) is 19.4 Å². The van der Waals surface area contributed by atoms with E-state index >= 15 is 0 Å². The van der Waals surface area contributed by atoms with Crippen LogP contribution in [-0.4, -0.2) is 70.0 Å². The summed E-state index contributed by atoms with van der Waals surface area (Å²) in [7, 11) is 0. The van der Waals surface area contributed by atoms with E-state index in [1.165, 1.54) is 17.2 Å². The first kappa shape index (κ1) is 32.3. The Balaban J connectivity index is 1.44. The summed E-state index contributed by atoms with van der Waals surface area (Å²) in [4.78, 5) is 45.4. The van der Waals surface area contributed by atoms with Gasteiger partial charge >= 0.3 is 12.1 Å². The highest BCUT2D eigenvalue weighted by Gasteiger charge is 2.43. The number of aromatic nitrogens is 1. The number of hydrogen-bond donors (Lipinski definition) is 1. The highest BCUT2D eigenvalue weighted by atomic mass is 19.4. The minimum absolute atomic E-state index is 0.0250. The number of likely N-dealkylation sites (tertiary alicyclic amines) is 2. The molecular formula is C32H40F3N3O5. The highest BCUT2D eigenvalue weighted by Crippen LogP contribution is 2.37. The van der Waals surface area contributed by atoms with Crippen molar-refractivity contribution in [2.24, 2.45) is 11.8 Å². The van der Waals surface area contributed by atoms with Gasteiger partial charge < -0.3 is 19.6 Å². The molecule has 43 heavy (non-hydrogen) atoms. The molecule has 2 aromatic rings. The number of amides is 2. The summed E-state index contributed by atoms with van der Waals surface area (Å²) in [5.74, 6) is -1.44. The zero-order valence-electron chi connectivity index (χ0n) is 24.7. The van der Waals surface area contributed by atoms with Crippen molar-refractivity contribution in [2.75, 3.05) is 26.2 Å². The number of rotatable bonds is 10. The number of aliphatic carboxylic acids is 1. The van der Waals surface area contributed by atoms with Crippen molar-refractivity contribution < 1.29 is 37.4 Å². The molecule has 0 radical (unpaired) electrons. The topological polar surface area (TPSA) is 100 Å². The molecule has 2 saturated heterocycles. The molecule has 0 aliphatic carbocycles. The molecule has 2 aliphatic heterocycles. The van der Waals surface area contributed by atoms with Gasteiger partial charge in [0, 0.05) is 37.8 Å². The number of alkyl halides is 3. The second kappa shape index (κ2) is 14.2. The maximum atomic E-state index is 13.9. The molecule has 2 amide bonds. The van der Waals surface area contributed by atoms with Gasteiger partial charge in [-0.1, -0.05) is 38.5 Å². The third kappa shape index (κ3) is 7.86. The molecule has 3 atom stereocenters. The van der Waals surface area contributed by atoms with Gasteiger partial charge in [0.2, 0.25) is 5.91 Å². The van der Waals surface area contributed by atoms with Crippen molar-refractivity contribution in [1.82, 2.24) is 14.8 Å². The van der Waals surface area contributed by atoms with Gasteiger partial charge in [0.15, 0.2) is 0 Å². The first-order valence-electron chi connectivity index (χ1n) is 15.1. The van der Waals surface area contributed by atoms with Crippen molar-refractivity contribution in [2.45, 2.75) is 76.9 Å². The second-order valence-electron chi connectivity index (χ2n) is 11.7. The summed E-state index contributed by atoms with van der Waals surface area (Å²) in [6.07, 6.45) is 0.223. The zero-order chi connectivity index (χ0) is 31.1. The van der Waals surface area contributed by atoms with Crippen LogP contribution in [0.5, 0.6) is 5.75 Å². The lowest BCUT2D eigenvalue weighted by Gasteiger charge is -2.43. The van der Waals surface area contributed by atoms with E-state index in [0.29, 0.717) is 58.2 Å². The molecule has 4 rings (SSSR count). The van der Waals surface area contributed by atoms with Crippen LogP contribution in [0.3, 0.4) is 0 Å². The molecule has 0 spiro atoms. The summed E-state index contributed by atoms with van der Waals surface area (Å²) in [6, 6.07) is 9.25. The molecule has 8 nitrogen and oxygen atoms in total. The van der Waals surface area contributed by atoms with Crippen molar-refractivity contribution in [3.05, 3.63) is 59.4 Å². The van der Waals surface area contributed by atoms with E-state index in [2.05, 4.69) is 4.98 Å². The van der Waals surface area contributed by atoms with Gasteiger partial charge in [-0.2, -0.15) is 13.2 Å². The fourth-order valence-corrected chi connectivity index (χ4v) is 6.37. The smallest absolute Gasteiger partial charge is 0.418 e. The van der Waals surface area contributed by atoms with E-state index in [9.17, 15) is 27.6 Å². The Morgan fingerprint density at radius 1 is 1.07 bits per heavy atom. The van der Waals surface area contributed by atoms with E-state index in [4.69, 9.17) is 9.84 Å². The lowest BCUT2D eigenvalue weighted by atomic mass is 9.83. The number of nitrogens with zero attached hydrogens (tertiary/aromatic N) is 3. The van der Waals surface area contributed by atoms with Gasteiger partial charge in [-0.15, -0.1) is 0 Å². The van der Waals surface area contributed by atoms with E-state index in [0.717, 1.165) is 17.4 Å². The van der Waals surface area contributed by atoms with Crippen LogP contribution in [0.15, 0.2) is 42.6 Å². The Morgan fingerprint density at radius 2 is 1.79 bits per heavy atom. The Morgan fingerprint density at radius 3 is 2.47 bits per heavy atom. The number of carbonyl (C=O) groups excluding carboxylic acids is 2. The van der Waals surface area contributed by atoms with Gasteiger partial charge in [-0.05, 0) is 61.8 Å². The van der Waals surface area contributed by atoms with Crippen LogP contribution in [0, 0.1) is 11.8 Å². The van der Waals surface area contributed by atoms with Crippen molar-refractivity contribution >= 4 is 17.8 Å². The average molecular weight is 604 g/mol. The number of benzene rings is 1. The van der Waals surface area contributed by atoms with E-state index in [1.54, 1.807) is 0 Å². The first-order chi connectivity index (χ1) is 20.5. The van der Waals surface area contributed by atoms with Crippen LogP contribution in [0.2, 0.25) is 0 Å². The zero-order valence-corrected chi connectivity index (χ0v) is 24.7. The number of pyridine rings is 1. The first-order valence-corrected chi connectivity index (χ1v) is 15.1. The monoisotopic (exact) mass is 603 g/mol. The van der Waals surface area contributed by atoms with Gasteiger partial charge in [-0.25, -0.2) is 0 Å². The van der Waals surface area contributed by atoms with Crippen LogP contribution < -0.4 is 4.74 Å². The molecule has 0 bridgehead atoms. The Bertz CT molecular complexity index is 1280. The third-order valence-electron chi connectivity index (χ3n) is 8.47. The van der Waals surface area contributed by atoms with Gasteiger partial charge in [0.1, 0.15) is 11.4 Å². The minimum atomic E-state index is -4.71. The standard InChI is InChI=1S/C32H40F3N3O5/c1-3-8-26-24(10-7-16-38(26)31(42)29-25(32(33,34)35)11-6-15-36-29)30(41)37-17-13-22(14-18-37)23-9-4-5-12-27(23)43-20-21(2)19-28(39)40/h4-6,9,11-12,15,21-22,24,26H,3,7-8,10,13-14,16-20H2,1-2H3,(H,39,40). The van der Waals surface area contributed by atoms with Gasteiger partial charge in [0.25, 0.3) is 5.91 Å². The van der Waals surface area contributed by atoms with Crippen molar-refractivity contribution in [3.8, 4) is 5.75 Å². The molecule has 3 heterocycles. The van der Waals surface area contributed by atoms with Crippen LogP contribution >= 0.6 is 0 Å². The number of ether oxygens (including phenoxy) is 1. The number of halogens is 3. The molecule has 1 aromatic heterocycles. The van der Waals surface area contributed by atoms with Crippen LogP contribution in [-0.2, 0) is 15.8 Å². The largest absolute Gasteiger partial charge is 0.493 e. The van der Waals surface area contributed by atoms with Crippen LogP contribution in [0.4, 0.5) is 13.2 Å². The van der Waals surface area contributed by atoms with Crippen molar-refractivity contribution in [1.29, 1.82) is 0 Å². The number of hydrogen-bond acceptors (Lipinski definition) is 5. The third-order valence-corrected chi connectivity index (χ3v) is 8.47. The lowest BCUT2D eigenvalue weighted by molar-refractivity contribution is -0.141. The molecule has 3 unspecified atom stereocenters. The van der Waals surface area contributed by atoms with E-state index < -0.39 is 41.3 Å². The molecule has 0 saturated carbocycles.